The summed E-state index contributed by atoms with van der Waals surface area (Å²) in [7, 11) is 0. The van der Waals surface area contributed by atoms with Gasteiger partial charge in [-0.3, -0.25) is 4.90 Å². The van der Waals surface area contributed by atoms with E-state index in [2.05, 4.69) is 57.7 Å². The standard InChI is InChI=1S/C29H37N5O2/c1-3-33(24-9-5-4-6-10-24)29(35)30-16-18-36-25-19-32(20-25)21-26-28(23-14-12-22(2)13-15-23)31-27-11-7-8-17-34(26)27/h7-8,11-17,24-25H,3-6,9-10,18-21H2,1-2H3/b30-16-. The number of likely N-dealkylation sites (tertiary alicyclic amines) is 1. The van der Waals surface area contributed by atoms with Crippen molar-refractivity contribution >= 4 is 17.9 Å². The predicted molar refractivity (Wildman–Crippen MR) is 144 cm³/mol. The van der Waals surface area contributed by atoms with Crippen LogP contribution in [0.4, 0.5) is 4.79 Å². The highest BCUT2D eigenvalue weighted by Gasteiger charge is 2.29. The van der Waals surface area contributed by atoms with Gasteiger partial charge >= 0.3 is 6.03 Å². The van der Waals surface area contributed by atoms with Crippen molar-refractivity contribution in [2.75, 3.05) is 26.2 Å². The number of aromatic nitrogens is 2. The number of pyridine rings is 1. The van der Waals surface area contributed by atoms with Crippen LogP contribution >= 0.6 is 0 Å². The molecule has 2 amide bonds. The molecule has 3 heterocycles. The second kappa shape index (κ2) is 11.4. The van der Waals surface area contributed by atoms with Gasteiger partial charge in [-0.2, -0.15) is 0 Å². The molecule has 0 atom stereocenters. The van der Waals surface area contributed by atoms with Crippen molar-refractivity contribution in [3.63, 3.8) is 0 Å². The maximum atomic E-state index is 12.6. The molecule has 1 aliphatic carbocycles. The van der Waals surface area contributed by atoms with E-state index in [-0.39, 0.29) is 12.1 Å². The molecule has 0 spiro atoms. The van der Waals surface area contributed by atoms with Gasteiger partial charge in [0, 0.05) is 50.2 Å². The first kappa shape index (κ1) is 24.7. The molecular weight excluding hydrogens is 450 g/mol. The Balaban J connectivity index is 1.14. The van der Waals surface area contributed by atoms with Crippen molar-refractivity contribution in [2.24, 2.45) is 4.99 Å². The molecule has 1 aliphatic heterocycles. The summed E-state index contributed by atoms with van der Waals surface area (Å²) in [5, 5.41) is 0. The van der Waals surface area contributed by atoms with Crippen molar-refractivity contribution in [3.05, 3.63) is 59.9 Å². The SMILES string of the molecule is CCN(C(=O)/N=C\COC1CN(Cc2c(-c3ccc(C)cc3)nc3ccccn23)C1)C1CCCCC1. The zero-order valence-electron chi connectivity index (χ0n) is 21.5. The topological polar surface area (TPSA) is 62.4 Å². The van der Waals surface area contributed by atoms with Gasteiger partial charge in [0.2, 0.25) is 0 Å². The molecule has 190 valence electrons. The Labute approximate surface area is 213 Å². The summed E-state index contributed by atoms with van der Waals surface area (Å²) in [6, 6.07) is 14.9. The summed E-state index contributed by atoms with van der Waals surface area (Å²) in [5.74, 6) is 0. The molecule has 2 fully saturated rings. The van der Waals surface area contributed by atoms with Gasteiger partial charge in [0.25, 0.3) is 0 Å². The highest BCUT2D eigenvalue weighted by Crippen LogP contribution is 2.28. The largest absolute Gasteiger partial charge is 0.370 e. The molecule has 1 saturated heterocycles. The van der Waals surface area contributed by atoms with Crippen molar-refractivity contribution in [1.82, 2.24) is 19.2 Å². The van der Waals surface area contributed by atoms with E-state index in [4.69, 9.17) is 9.72 Å². The minimum atomic E-state index is -0.125. The Morgan fingerprint density at radius 1 is 1.14 bits per heavy atom. The van der Waals surface area contributed by atoms with Crippen LogP contribution in [0.25, 0.3) is 16.9 Å². The second-order valence-electron chi connectivity index (χ2n) is 10.0. The molecule has 0 radical (unpaired) electrons. The first-order valence-electron chi connectivity index (χ1n) is 13.3. The minimum Gasteiger partial charge on any atom is -0.370 e. The fraction of sp³-hybridized carbons (Fsp3) is 0.483. The zero-order chi connectivity index (χ0) is 24.9. The Morgan fingerprint density at radius 2 is 1.92 bits per heavy atom. The van der Waals surface area contributed by atoms with Crippen LogP contribution in [0.2, 0.25) is 0 Å². The first-order valence-corrected chi connectivity index (χ1v) is 13.3. The Bertz CT molecular complexity index is 1190. The molecule has 36 heavy (non-hydrogen) atoms. The van der Waals surface area contributed by atoms with E-state index >= 15 is 0 Å². The summed E-state index contributed by atoms with van der Waals surface area (Å²) < 4.78 is 8.16. The number of hydrogen-bond acceptors (Lipinski definition) is 4. The van der Waals surface area contributed by atoms with Gasteiger partial charge in [-0.1, -0.05) is 55.2 Å². The fourth-order valence-electron chi connectivity index (χ4n) is 5.42. The fourth-order valence-corrected chi connectivity index (χ4v) is 5.42. The van der Waals surface area contributed by atoms with Crippen molar-refractivity contribution in [2.45, 2.75) is 64.6 Å². The van der Waals surface area contributed by atoms with Gasteiger partial charge in [-0.15, -0.1) is 0 Å². The number of imidazole rings is 1. The summed E-state index contributed by atoms with van der Waals surface area (Å²) in [5.41, 5.74) is 5.58. The molecule has 2 aliphatic rings. The van der Waals surface area contributed by atoms with E-state index < -0.39 is 0 Å². The summed E-state index contributed by atoms with van der Waals surface area (Å²) in [6.07, 6.45) is 9.78. The quantitative estimate of drug-likeness (QED) is 0.402. The average Bonchev–Trinajstić information content (AvgIpc) is 3.24. The lowest BCUT2D eigenvalue weighted by atomic mass is 9.94. The zero-order valence-corrected chi connectivity index (χ0v) is 21.5. The van der Waals surface area contributed by atoms with E-state index in [0.717, 1.165) is 49.4 Å². The number of amides is 2. The molecule has 5 rings (SSSR count). The lowest BCUT2D eigenvalue weighted by Gasteiger charge is -2.38. The van der Waals surface area contributed by atoms with Crippen LogP contribution in [0.15, 0.2) is 53.7 Å². The van der Waals surface area contributed by atoms with Crippen molar-refractivity contribution < 1.29 is 9.53 Å². The van der Waals surface area contributed by atoms with Gasteiger partial charge < -0.3 is 14.0 Å². The van der Waals surface area contributed by atoms with Crippen molar-refractivity contribution in [3.8, 4) is 11.3 Å². The third kappa shape index (κ3) is 5.52. The van der Waals surface area contributed by atoms with Crippen LogP contribution in [0, 0.1) is 6.92 Å². The molecule has 1 saturated carbocycles. The van der Waals surface area contributed by atoms with Gasteiger partial charge in [0.1, 0.15) is 5.65 Å². The number of carbonyl (C=O) groups is 1. The maximum absolute atomic E-state index is 12.6. The number of urea groups is 1. The maximum Gasteiger partial charge on any atom is 0.343 e. The highest BCUT2D eigenvalue weighted by molar-refractivity contribution is 5.84. The number of nitrogens with zero attached hydrogens (tertiary/aromatic N) is 5. The highest BCUT2D eigenvalue weighted by atomic mass is 16.5. The van der Waals surface area contributed by atoms with Gasteiger partial charge in [0.15, 0.2) is 0 Å². The van der Waals surface area contributed by atoms with Crippen LogP contribution in [0.5, 0.6) is 0 Å². The van der Waals surface area contributed by atoms with Crippen LogP contribution in [-0.2, 0) is 11.3 Å². The van der Waals surface area contributed by atoms with E-state index in [1.165, 1.54) is 30.5 Å². The number of aryl methyl sites for hydroxylation is 1. The van der Waals surface area contributed by atoms with E-state index in [1.54, 1.807) is 6.21 Å². The Kier molecular flexibility index (Phi) is 7.78. The molecule has 0 N–H and O–H groups in total. The number of ether oxygens (including phenoxy) is 1. The number of aliphatic imine (C=N–C) groups is 1. The number of benzene rings is 1. The number of rotatable bonds is 8. The molecule has 0 unspecified atom stereocenters. The van der Waals surface area contributed by atoms with Crippen LogP contribution in [-0.4, -0.2) is 69.8 Å². The van der Waals surface area contributed by atoms with Gasteiger partial charge in [-0.05, 0) is 38.8 Å². The third-order valence-electron chi connectivity index (χ3n) is 7.46. The molecule has 0 bridgehead atoms. The predicted octanol–water partition coefficient (Wildman–Crippen LogP) is 5.36. The van der Waals surface area contributed by atoms with E-state index in [9.17, 15) is 4.79 Å². The smallest absolute Gasteiger partial charge is 0.343 e. The third-order valence-corrected chi connectivity index (χ3v) is 7.46. The van der Waals surface area contributed by atoms with Crippen molar-refractivity contribution in [1.29, 1.82) is 0 Å². The lowest BCUT2D eigenvalue weighted by Crippen LogP contribution is -2.51. The molecule has 2 aromatic heterocycles. The van der Waals surface area contributed by atoms with E-state index in [0.29, 0.717) is 19.2 Å². The summed E-state index contributed by atoms with van der Waals surface area (Å²) >= 11 is 0. The van der Waals surface area contributed by atoms with Crippen LogP contribution in [0.1, 0.15) is 50.3 Å². The molecule has 7 nitrogen and oxygen atoms in total. The van der Waals surface area contributed by atoms with Gasteiger partial charge in [-0.25, -0.2) is 14.8 Å². The normalized spacial score (nSPS) is 17.6. The molecule has 3 aromatic rings. The lowest BCUT2D eigenvalue weighted by molar-refractivity contribution is -0.0434. The van der Waals surface area contributed by atoms with Crippen LogP contribution in [0.3, 0.4) is 0 Å². The Morgan fingerprint density at radius 3 is 2.67 bits per heavy atom. The Hall–Kier alpha value is -3.03. The summed E-state index contributed by atoms with van der Waals surface area (Å²) in [6.45, 7) is 7.76. The van der Waals surface area contributed by atoms with E-state index in [1.807, 2.05) is 24.0 Å². The van der Waals surface area contributed by atoms with Crippen LogP contribution < -0.4 is 0 Å². The molecule has 1 aromatic carbocycles. The monoisotopic (exact) mass is 487 g/mol. The molecular formula is C29H37N5O2. The van der Waals surface area contributed by atoms with Gasteiger partial charge in [0.05, 0.1) is 24.1 Å². The number of fused-ring (bicyclic) bond motifs is 1. The summed E-state index contributed by atoms with van der Waals surface area (Å²) in [4.78, 5) is 26.0. The number of carbonyl (C=O) groups excluding carboxylic acids is 1. The molecule has 7 heteroatoms. The average molecular weight is 488 g/mol. The second-order valence-corrected chi connectivity index (χ2v) is 10.0. The number of hydrogen-bond donors (Lipinski definition) is 0. The minimum absolute atomic E-state index is 0.125. The first-order chi connectivity index (χ1) is 17.6.